The number of pyridine rings is 1. The fraction of sp³-hybridized carbons (Fsp3) is 0.688. The molecule has 0 bridgehead atoms. The van der Waals surface area contributed by atoms with Gasteiger partial charge in [0.05, 0.1) is 0 Å². The van der Waals surface area contributed by atoms with Crippen molar-refractivity contribution in [2.75, 3.05) is 31.1 Å². The third kappa shape index (κ3) is 3.19. The molecule has 116 valence electrons. The van der Waals surface area contributed by atoms with Gasteiger partial charge in [-0.1, -0.05) is 6.42 Å². The van der Waals surface area contributed by atoms with Gasteiger partial charge in [0.1, 0.15) is 0 Å². The van der Waals surface area contributed by atoms with Crippen LogP contribution in [0.4, 0.5) is 10.2 Å². The minimum atomic E-state index is -0.239. The molecule has 2 aliphatic heterocycles. The van der Waals surface area contributed by atoms with E-state index in [4.69, 9.17) is 5.73 Å². The molecule has 3 heterocycles. The van der Waals surface area contributed by atoms with Gasteiger partial charge >= 0.3 is 0 Å². The zero-order chi connectivity index (χ0) is 14.7. The highest BCUT2D eigenvalue weighted by molar-refractivity contribution is 5.43. The van der Waals surface area contributed by atoms with Crippen LogP contribution in [0, 0.1) is 5.82 Å². The Bertz CT molecular complexity index is 465. The lowest BCUT2D eigenvalue weighted by atomic mass is 10.00. The number of nitrogens with zero attached hydrogens (tertiary/aromatic N) is 3. The van der Waals surface area contributed by atoms with Crippen molar-refractivity contribution in [2.45, 2.75) is 44.7 Å². The van der Waals surface area contributed by atoms with Crippen molar-refractivity contribution < 1.29 is 4.39 Å². The van der Waals surface area contributed by atoms with Crippen LogP contribution in [0.25, 0.3) is 0 Å². The molecular weight excluding hydrogens is 267 g/mol. The SMILES string of the molecule is NCc1ccnc(N2CCC(N3CCCCC3)CC2)c1F. The van der Waals surface area contributed by atoms with Crippen LogP contribution in [-0.4, -0.2) is 42.1 Å². The topological polar surface area (TPSA) is 45.4 Å². The Labute approximate surface area is 126 Å². The molecule has 0 amide bonds. The van der Waals surface area contributed by atoms with Gasteiger partial charge < -0.3 is 15.5 Å². The number of hydrogen-bond donors (Lipinski definition) is 1. The molecule has 2 fully saturated rings. The smallest absolute Gasteiger partial charge is 0.170 e. The first-order valence-corrected chi connectivity index (χ1v) is 8.12. The van der Waals surface area contributed by atoms with Crippen LogP contribution in [0.1, 0.15) is 37.7 Å². The predicted octanol–water partition coefficient (Wildman–Crippen LogP) is 2.13. The average Bonchev–Trinajstić information content (AvgIpc) is 2.56. The number of piperidine rings is 2. The van der Waals surface area contributed by atoms with Gasteiger partial charge in [-0.05, 0) is 44.8 Å². The van der Waals surface area contributed by atoms with Crippen LogP contribution in [0.2, 0.25) is 0 Å². The molecule has 2 aliphatic rings. The number of halogens is 1. The van der Waals surface area contributed by atoms with Crippen LogP contribution in [0.3, 0.4) is 0 Å². The first kappa shape index (κ1) is 14.7. The summed E-state index contributed by atoms with van der Waals surface area (Å²) >= 11 is 0. The Hall–Kier alpha value is -1.20. The molecule has 5 heteroatoms. The number of hydrogen-bond acceptors (Lipinski definition) is 4. The zero-order valence-electron chi connectivity index (χ0n) is 12.6. The molecule has 3 rings (SSSR count). The first-order chi connectivity index (χ1) is 10.3. The van der Waals surface area contributed by atoms with Gasteiger partial charge in [0.2, 0.25) is 0 Å². The summed E-state index contributed by atoms with van der Waals surface area (Å²) in [6, 6.07) is 2.33. The second kappa shape index (κ2) is 6.71. The van der Waals surface area contributed by atoms with E-state index < -0.39 is 0 Å². The summed E-state index contributed by atoms with van der Waals surface area (Å²) in [6.07, 6.45) is 7.90. The average molecular weight is 292 g/mol. The summed E-state index contributed by atoms with van der Waals surface area (Å²) in [7, 11) is 0. The van der Waals surface area contributed by atoms with Crippen LogP contribution in [-0.2, 0) is 6.54 Å². The van der Waals surface area contributed by atoms with E-state index in [9.17, 15) is 4.39 Å². The molecule has 0 radical (unpaired) electrons. The van der Waals surface area contributed by atoms with Gasteiger partial charge in [0.15, 0.2) is 11.6 Å². The minimum Gasteiger partial charge on any atom is -0.354 e. The molecule has 1 aromatic rings. The normalized spacial score (nSPS) is 21.7. The fourth-order valence-electron chi connectivity index (χ4n) is 3.58. The van der Waals surface area contributed by atoms with Gasteiger partial charge in [0.25, 0.3) is 0 Å². The van der Waals surface area contributed by atoms with Crippen LogP contribution in [0.5, 0.6) is 0 Å². The number of aromatic nitrogens is 1. The van der Waals surface area contributed by atoms with Crippen molar-refractivity contribution >= 4 is 5.82 Å². The van der Waals surface area contributed by atoms with E-state index in [-0.39, 0.29) is 12.4 Å². The van der Waals surface area contributed by atoms with E-state index >= 15 is 0 Å². The van der Waals surface area contributed by atoms with Gasteiger partial charge in [0, 0.05) is 37.4 Å². The van der Waals surface area contributed by atoms with Crippen LogP contribution in [0.15, 0.2) is 12.3 Å². The molecule has 21 heavy (non-hydrogen) atoms. The summed E-state index contributed by atoms with van der Waals surface area (Å²) < 4.78 is 14.3. The third-order valence-electron chi connectivity index (χ3n) is 4.84. The number of likely N-dealkylation sites (tertiary alicyclic amines) is 1. The molecule has 0 aliphatic carbocycles. The van der Waals surface area contributed by atoms with E-state index in [2.05, 4.69) is 14.8 Å². The highest BCUT2D eigenvalue weighted by Crippen LogP contribution is 2.26. The number of anilines is 1. The maximum atomic E-state index is 14.3. The van der Waals surface area contributed by atoms with Crippen molar-refractivity contribution in [2.24, 2.45) is 5.73 Å². The second-order valence-corrected chi connectivity index (χ2v) is 6.13. The minimum absolute atomic E-state index is 0.228. The highest BCUT2D eigenvalue weighted by Gasteiger charge is 2.27. The first-order valence-electron chi connectivity index (χ1n) is 8.12. The van der Waals surface area contributed by atoms with Crippen molar-refractivity contribution in [1.82, 2.24) is 9.88 Å². The Morgan fingerprint density at radius 3 is 2.52 bits per heavy atom. The van der Waals surface area contributed by atoms with Crippen molar-refractivity contribution in [3.8, 4) is 0 Å². The summed E-state index contributed by atoms with van der Waals surface area (Å²) in [6.45, 7) is 4.48. The van der Waals surface area contributed by atoms with Crippen molar-refractivity contribution in [3.63, 3.8) is 0 Å². The highest BCUT2D eigenvalue weighted by atomic mass is 19.1. The van der Waals surface area contributed by atoms with Gasteiger partial charge in [-0.15, -0.1) is 0 Å². The Morgan fingerprint density at radius 2 is 1.86 bits per heavy atom. The lowest BCUT2D eigenvalue weighted by Crippen LogP contribution is -2.47. The molecule has 0 unspecified atom stereocenters. The van der Waals surface area contributed by atoms with E-state index in [0.717, 1.165) is 25.9 Å². The quantitative estimate of drug-likeness (QED) is 0.927. The van der Waals surface area contributed by atoms with Crippen molar-refractivity contribution in [1.29, 1.82) is 0 Å². The molecular formula is C16H25FN4. The predicted molar refractivity (Wildman–Crippen MR) is 82.7 cm³/mol. The Morgan fingerprint density at radius 1 is 1.14 bits per heavy atom. The Balaban J connectivity index is 1.63. The molecule has 0 saturated carbocycles. The van der Waals surface area contributed by atoms with E-state index in [1.54, 1.807) is 12.3 Å². The Kier molecular flexibility index (Phi) is 4.70. The second-order valence-electron chi connectivity index (χ2n) is 6.13. The maximum absolute atomic E-state index is 14.3. The molecule has 2 N–H and O–H groups in total. The standard InChI is InChI=1S/C16H25FN4/c17-15-13(12-18)4-7-19-16(15)21-10-5-14(6-11-21)20-8-2-1-3-9-20/h4,7,14H,1-3,5-6,8-12,18H2. The van der Waals surface area contributed by atoms with Crippen molar-refractivity contribution in [3.05, 3.63) is 23.6 Å². The number of rotatable bonds is 3. The maximum Gasteiger partial charge on any atom is 0.170 e. The summed E-state index contributed by atoms with van der Waals surface area (Å²) in [4.78, 5) is 8.93. The van der Waals surface area contributed by atoms with E-state index in [1.807, 2.05) is 0 Å². The molecule has 1 aromatic heterocycles. The van der Waals surface area contributed by atoms with E-state index in [0.29, 0.717) is 17.4 Å². The lowest BCUT2D eigenvalue weighted by molar-refractivity contribution is 0.141. The largest absolute Gasteiger partial charge is 0.354 e. The summed E-state index contributed by atoms with van der Waals surface area (Å²) in [5.74, 6) is 0.242. The summed E-state index contributed by atoms with van der Waals surface area (Å²) in [5, 5.41) is 0. The van der Waals surface area contributed by atoms with Crippen LogP contribution >= 0.6 is 0 Å². The third-order valence-corrected chi connectivity index (χ3v) is 4.84. The molecule has 0 atom stereocenters. The molecule has 0 aromatic carbocycles. The van der Waals surface area contributed by atoms with E-state index in [1.165, 1.54) is 32.4 Å². The molecule has 0 spiro atoms. The summed E-state index contributed by atoms with van der Waals surface area (Å²) in [5.41, 5.74) is 6.13. The number of nitrogens with two attached hydrogens (primary N) is 1. The van der Waals surface area contributed by atoms with Gasteiger partial charge in [-0.25, -0.2) is 9.37 Å². The molecule has 2 saturated heterocycles. The zero-order valence-corrected chi connectivity index (χ0v) is 12.6. The lowest BCUT2D eigenvalue weighted by Gasteiger charge is -2.40. The fourth-order valence-corrected chi connectivity index (χ4v) is 3.58. The van der Waals surface area contributed by atoms with Gasteiger partial charge in [-0.2, -0.15) is 0 Å². The van der Waals surface area contributed by atoms with Gasteiger partial charge in [-0.3, -0.25) is 0 Å². The monoisotopic (exact) mass is 292 g/mol. The molecule has 4 nitrogen and oxygen atoms in total. The van der Waals surface area contributed by atoms with Crippen LogP contribution < -0.4 is 10.6 Å².